The fraction of sp³-hybridized carbons (Fsp3) is 0.393. The van der Waals surface area contributed by atoms with E-state index in [1.807, 2.05) is 19.0 Å². The zero-order chi connectivity index (χ0) is 27.7. The first-order valence-electron chi connectivity index (χ1n) is 12.3. The van der Waals surface area contributed by atoms with Gasteiger partial charge in [0.1, 0.15) is 23.2 Å². The standard InChI is InChI=1S/C28H30N2O8/c1-30(2)18-11-16(12-4-6-15(38-3)7-5-12)23(32)21-17(18)9-13-8-14-10-19(31)22(27(29)36)26(35)28(14,37)25(34)20(13)24(21)33/h4-7,11,13-14,19,22,31-33,37H,8-10H2,1-3H3,(H2,29,36)/t13-,14+,19?,22?,28+/m1/s1. The van der Waals surface area contributed by atoms with Crippen molar-refractivity contribution in [1.82, 2.24) is 0 Å². The van der Waals surface area contributed by atoms with E-state index in [0.717, 1.165) is 5.69 Å². The number of ketones is 2. The number of aliphatic hydroxyl groups excluding tert-OH is 2. The van der Waals surface area contributed by atoms with Crippen molar-refractivity contribution in [2.24, 2.45) is 23.5 Å². The molecule has 0 bridgehead atoms. The number of amides is 1. The summed E-state index contributed by atoms with van der Waals surface area (Å²) in [5.41, 5.74) is 4.97. The van der Waals surface area contributed by atoms with Crippen LogP contribution in [0.3, 0.4) is 0 Å². The summed E-state index contributed by atoms with van der Waals surface area (Å²) < 4.78 is 5.21. The highest BCUT2D eigenvalue weighted by Crippen LogP contribution is 2.54. The largest absolute Gasteiger partial charge is 0.507 e. The number of ether oxygens (including phenoxy) is 1. The maximum Gasteiger partial charge on any atom is 0.230 e. The van der Waals surface area contributed by atoms with Gasteiger partial charge in [0.25, 0.3) is 0 Å². The molecular weight excluding hydrogens is 492 g/mol. The number of nitrogens with zero attached hydrogens (tertiary/aromatic N) is 1. The van der Waals surface area contributed by atoms with Gasteiger partial charge in [-0.15, -0.1) is 0 Å². The van der Waals surface area contributed by atoms with Crippen LogP contribution >= 0.6 is 0 Å². The van der Waals surface area contributed by atoms with E-state index in [9.17, 15) is 34.8 Å². The second kappa shape index (κ2) is 8.85. The van der Waals surface area contributed by atoms with Gasteiger partial charge in [-0.05, 0) is 54.5 Å². The van der Waals surface area contributed by atoms with Gasteiger partial charge < -0.3 is 35.8 Å². The highest BCUT2D eigenvalue weighted by Gasteiger charge is 2.64. The van der Waals surface area contributed by atoms with Crippen LogP contribution in [0.4, 0.5) is 5.69 Å². The van der Waals surface area contributed by atoms with E-state index in [-0.39, 0.29) is 36.1 Å². The molecule has 0 heterocycles. The summed E-state index contributed by atoms with van der Waals surface area (Å²) in [5, 5.41) is 44.7. The first-order chi connectivity index (χ1) is 17.9. The Hall–Kier alpha value is -3.89. The monoisotopic (exact) mass is 522 g/mol. The number of aromatic hydroxyl groups is 1. The Kier molecular flexibility index (Phi) is 6.00. The van der Waals surface area contributed by atoms with Crippen molar-refractivity contribution in [2.75, 3.05) is 26.1 Å². The Morgan fingerprint density at radius 3 is 2.37 bits per heavy atom. The molecular formula is C28H30N2O8. The molecule has 2 unspecified atom stereocenters. The molecule has 2 saturated carbocycles. The van der Waals surface area contributed by atoms with Gasteiger partial charge in [0.2, 0.25) is 11.7 Å². The van der Waals surface area contributed by atoms with E-state index >= 15 is 0 Å². The summed E-state index contributed by atoms with van der Waals surface area (Å²) in [6, 6.07) is 8.78. The number of primary amides is 1. The van der Waals surface area contributed by atoms with Gasteiger partial charge in [-0.2, -0.15) is 0 Å². The van der Waals surface area contributed by atoms with Crippen molar-refractivity contribution < 1.29 is 39.5 Å². The topological polar surface area (TPSA) is 171 Å². The lowest BCUT2D eigenvalue weighted by atomic mass is 9.56. The fourth-order valence-electron chi connectivity index (χ4n) is 6.36. The Bertz CT molecular complexity index is 1400. The summed E-state index contributed by atoms with van der Waals surface area (Å²) in [4.78, 5) is 40.6. The molecule has 2 fully saturated rings. The van der Waals surface area contributed by atoms with Gasteiger partial charge in [-0.3, -0.25) is 14.4 Å². The summed E-state index contributed by atoms with van der Waals surface area (Å²) in [6.45, 7) is 0. The molecule has 0 aromatic heterocycles. The van der Waals surface area contributed by atoms with E-state index in [2.05, 4.69) is 0 Å². The summed E-state index contributed by atoms with van der Waals surface area (Å²) in [7, 11) is 5.19. The minimum Gasteiger partial charge on any atom is -0.507 e. The van der Waals surface area contributed by atoms with Gasteiger partial charge in [0.15, 0.2) is 11.4 Å². The van der Waals surface area contributed by atoms with Crippen LogP contribution in [-0.4, -0.2) is 70.8 Å². The SMILES string of the molecule is COc1ccc(-c2cc(N(C)C)c3c(c2O)C(O)=C2C(=O)[C@]4(O)C(=O)C(C(N)=O)C(O)C[C@@H]4C[C@@H]2C3)cc1. The van der Waals surface area contributed by atoms with E-state index in [1.165, 1.54) is 0 Å². The van der Waals surface area contributed by atoms with Crippen LogP contribution in [0, 0.1) is 17.8 Å². The molecule has 6 N–H and O–H groups in total. The quantitative estimate of drug-likeness (QED) is 0.372. The highest BCUT2D eigenvalue weighted by molar-refractivity contribution is 6.24. The highest BCUT2D eigenvalue weighted by atomic mass is 16.5. The van der Waals surface area contributed by atoms with Gasteiger partial charge in [0, 0.05) is 36.8 Å². The van der Waals surface area contributed by atoms with E-state index in [1.54, 1.807) is 37.4 Å². The molecule has 0 radical (unpaired) electrons. The molecule has 3 aliphatic carbocycles. The van der Waals surface area contributed by atoms with Crippen LogP contribution in [-0.2, 0) is 20.8 Å². The number of carbonyl (C=O) groups is 3. The number of Topliss-reactive ketones (excluding diaryl/α,β-unsaturated/α-hetero) is 2. The average molecular weight is 523 g/mol. The molecule has 5 rings (SSSR count). The van der Waals surface area contributed by atoms with Crippen molar-refractivity contribution >= 4 is 28.9 Å². The maximum atomic E-state index is 13.7. The normalized spacial score (nSPS) is 28.3. The smallest absolute Gasteiger partial charge is 0.230 e. The maximum absolute atomic E-state index is 13.7. The molecule has 0 spiro atoms. The number of rotatable bonds is 4. The number of aliphatic hydroxyl groups is 3. The Morgan fingerprint density at radius 1 is 1.13 bits per heavy atom. The predicted molar refractivity (Wildman–Crippen MR) is 138 cm³/mol. The predicted octanol–water partition coefficient (Wildman–Crippen LogP) is 1.33. The van der Waals surface area contributed by atoms with E-state index in [0.29, 0.717) is 22.4 Å². The number of methoxy groups -OCH3 is 1. The van der Waals surface area contributed by atoms with Gasteiger partial charge >= 0.3 is 0 Å². The minimum atomic E-state index is -2.61. The van der Waals surface area contributed by atoms with Crippen LogP contribution in [0.2, 0.25) is 0 Å². The lowest BCUT2D eigenvalue weighted by Crippen LogP contribution is -2.66. The van der Waals surface area contributed by atoms with E-state index in [4.69, 9.17) is 10.5 Å². The van der Waals surface area contributed by atoms with Crippen LogP contribution < -0.4 is 15.4 Å². The Balaban J connectivity index is 1.69. The summed E-state index contributed by atoms with van der Waals surface area (Å²) in [5.74, 6) is -6.71. The third-order valence-electron chi connectivity index (χ3n) is 8.24. The van der Waals surface area contributed by atoms with Crippen molar-refractivity contribution in [1.29, 1.82) is 0 Å². The third kappa shape index (κ3) is 3.51. The van der Waals surface area contributed by atoms with Crippen molar-refractivity contribution in [3.8, 4) is 22.6 Å². The summed E-state index contributed by atoms with van der Waals surface area (Å²) >= 11 is 0. The van der Waals surface area contributed by atoms with Crippen molar-refractivity contribution in [3.63, 3.8) is 0 Å². The number of benzene rings is 2. The second-order valence-electron chi connectivity index (χ2n) is 10.5. The zero-order valence-corrected chi connectivity index (χ0v) is 21.3. The lowest BCUT2D eigenvalue weighted by molar-refractivity contribution is -0.174. The number of hydrogen-bond acceptors (Lipinski definition) is 9. The molecule has 0 saturated heterocycles. The third-order valence-corrected chi connectivity index (χ3v) is 8.24. The molecule has 3 aliphatic rings. The van der Waals surface area contributed by atoms with Crippen molar-refractivity contribution in [2.45, 2.75) is 31.0 Å². The molecule has 2 aromatic rings. The number of carbonyl (C=O) groups excluding carboxylic acids is 3. The molecule has 0 aliphatic heterocycles. The van der Waals surface area contributed by atoms with E-state index < -0.39 is 52.7 Å². The van der Waals surface area contributed by atoms with Crippen molar-refractivity contribution in [3.05, 3.63) is 47.0 Å². The van der Waals surface area contributed by atoms with Crippen LogP contribution in [0.25, 0.3) is 16.9 Å². The number of phenolic OH excluding ortho intramolecular Hbond substituents is 1. The molecule has 200 valence electrons. The first-order valence-corrected chi connectivity index (χ1v) is 12.3. The molecule has 10 heteroatoms. The average Bonchev–Trinajstić information content (AvgIpc) is 2.86. The Labute approximate surface area is 218 Å². The molecule has 38 heavy (non-hydrogen) atoms. The number of hydrogen-bond donors (Lipinski definition) is 5. The number of nitrogens with two attached hydrogens (primary N) is 1. The Morgan fingerprint density at radius 2 is 1.79 bits per heavy atom. The minimum absolute atomic E-state index is 0.0541. The first kappa shape index (κ1) is 25.7. The number of fused-ring (bicyclic) bond motifs is 3. The van der Waals surface area contributed by atoms with Crippen LogP contribution in [0.15, 0.2) is 35.9 Å². The van der Waals surface area contributed by atoms with Gasteiger partial charge in [0.05, 0.1) is 18.8 Å². The van der Waals surface area contributed by atoms with Gasteiger partial charge in [-0.25, -0.2) is 0 Å². The van der Waals surface area contributed by atoms with Crippen LogP contribution in [0.5, 0.6) is 11.5 Å². The molecule has 2 aromatic carbocycles. The second-order valence-corrected chi connectivity index (χ2v) is 10.5. The number of phenols is 1. The molecule has 10 nitrogen and oxygen atoms in total. The fourth-order valence-corrected chi connectivity index (χ4v) is 6.36. The zero-order valence-electron chi connectivity index (χ0n) is 21.3. The summed E-state index contributed by atoms with van der Waals surface area (Å²) in [6.07, 6.45) is -1.22. The lowest BCUT2D eigenvalue weighted by Gasteiger charge is -2.48. The van der Waals surface area contributed by atoms with Gasteiger partial charge in [-0.1, -0.05) is 12.1 Å². The number of anilines is 1. The van der Waals surface area contributed by atoms with Crippen LogP contribution in [0.1, 0.15) is 24.0 Å². The molecule has 5 atom stereocenters. The molecule has 1 amide bonds.